The van der Waals surface area contributed by atoms with Gasteiger partial charge < -0.3 is 9.66 Å². The quantitative estimate of drug-likeness (QED) is 0.332. The van der Waals surface area contributed by atoms with Crippen molar-refractivity contribution < 1.29 is 47.6 Å². The molecule has 0 aliphatic rings. The van der Waals surface area contributed by atoms with Crippen molar-refractivity contribution in [3.05, 3.63) is 0 Å². The Bertz CT molecular complexity index is 280. The summed E-state index contributed by atoms with van der Waals surface area (Å²) in [5, 5.41) is 8.79. The van der Waals surface area contributed by atoms with Crippen LogP contribution in [0.4, 0.5) is 0 Å². The minimum Gasteiger partial charge on any atom is -0.748 e. The predicted octanol–water partition coefficient (Wildman–Crippen LogP) is -0.574. The van der Waals surface area contributed by atoms with E-state index in [0.29, 0.717) is 6.42 Å². The van der Waals surface area contributed by atoms with Gasteiger partial charge in [-0.3, -0.25) is 0 Å². The predicted molar refractivity (Wildman–Crippen MR) is 67.8 cm³/mol. The summed E-state index contributed by atoms with van der Waals surface area (Å²) in [5.74, 6) is 0. The van der Waals surface area contributed by atoms with Gasteiger partial charge >= 0.3 is 29.6 Å². The number of hydrogen-bond acceptors (Lipinski definition) is 4. The Hall–Kier alpha value is 0.870. The minimum atomic E-state index is -4.12. The van der Waals surface area contributed by atoms with Crippen LogP contribution in [-0.2, 0) is 10.1 Å². The molecule has 0 heterocycles. The molecule has 0 aromatic heterocycles. The van der Waals surface area contributed by atoms with Crippen LogP contribution >= 0.6 is 0 Å². The molecule has 0 rings (SSSR count). The zero-order valence-electron chi connectivity index (χ0n) is 11.9. The Kier molecular flexibility index (Phi) is 13.7. The largest absolute Gasteiger partial charge is 1.00 e. The van der Waals surface area contributed by atoms with Gasteiger partial charge in [0.05, 0.1) is 16.2 Å². The van der Waals surface area contributed by atoms with Crippen LogP contribution in [0, 0.1) is 0 Å². The molecule has 0 aromatic rings. The van der Waals surface area contributed by atoms with Gasteiger partial charge in [-0.15, -0.1) is 0 Å². The smallest absolute Gasteiger partial charge is 0.748 e. The van der Waals surface area contributed by atoms with Crippen LogP contribution in [0.1, 0.15) is 65.2 Å². The first-order valence-corrected chi connectivity index (χ1v) is 7.97. The molecule has 0 saturated carbocycles. The molecule has 0 saturated heterocycles. The summed E-state index contributed by atoms with van der Waals surface area (Å²) < 4.78 is 31.9. The number of aliphatic hydroxyl groups excluding tert-OH is 1. The van der Waals surface area contributed by atoms with E-state index in [1.54, 1.807) is 0 Å². The fourth-order valence-electron chi connectivity index (χ4n) is 1.72. The van der Waals surface area contributed by atoms with Gasteiger partial charge in [0, 0.05) is 5.25 Å². The first kappa shape index (κ1) is 21.2. The number of unbranched alkanes of at least 4 members (excludes halogenated alkanes) is 3. The molecule has 0 aliphatic carbocycles. The van der Waals surface area contributed by atoms with Gasteiger partial charge in [0.2, 0.25) is 0 Å². The maximum atomic E-state index is 10.6. The van der Waals surface area contributed by atoms with Gasteiger partial charge in [0.15, 0.2) is 0 Å². The zero-order valence-corrected chi connectivity index (χ0v) is 14.7. The van der Waals surface area contributed by atoms with Gasteiger partial charge in [0.25, 0.3) is 0 Å². The standard InChI is InChI=1S/C12H26O4S.Na/c1-3-4-9-12(13)10-7-5-6-8-11(2)17(14,15)16;/h11-13H,3-10H2,1-2H3,(H,14,15,16);/q;+1/p-1. The molecule has 104 valence electrons. The van der Waals surface area contributed by atoms with Crippen LogP contribution in [0.25, 0.3) is 0 Å². The van der Waals surface area contributed by atoms with E-state index in [2.05, 4.69) is 6.92 Å². The van der Waals surface area contributed by atoms with E-state index in [4.69, 9.17) is 0 Å². The Labute approximate surface area is 134 Å². The summed E-state index contributed by atoms with van der Waals surface area (Å²) in [5.41, 5.74) is 0. The van der Waals surface area contributed by atoms with E-state index in [1.165, 1.54) is 6.92 Å². The van der Waals surface area contributed by atoms with Crippen molar-refractivity contribution in [3.63, 3.8) is 0 Å². The fraction of sp³-hybridized carbons (Fsp3) is 1.00. The van der Waals surface area contributed by atoms with Crippen LogP contribution in [0.5, 0.6) is 0 Å². The molecular formula is C12H25NaO4S. The van der Waals surface area contributed by atoms with Crippen LogP contribution < -0.4 is 29.6 Å². The third-order valence-corrected chi connectivity index (χ3v) is 4.25. The van der Waals surface area contributed by atoms with Gasteiger partial charge in [-0.2, -0.15) is 0 Å². The third-order valence-electron chi connectivity index (χ3n) is 3.03. The number of rotatable bonds is 10. The third kappa shape index (κ3) is 11.9. The Morgan fingerprint density at radius 2 is 1.56 bits per heavy atom. The zero-order chi connectivity index (χ0) is 13.3. The van der Waals surface area contributed by atoms with Crippen LogP contribution in [0.2, 0.25) is 0 Å². The summed E-state index contributed by atoms with van der Waals surface area (Å²) in [6.45, 7) is 3.55. The maximum Gasteiger partial charge on any atom is 1.00 e. The van der Waals surface area contributed by atoms with Crippen molar-refractivity contribution in [2.45, 2.75) is 76.6 Å². The number of aliphatic hydroxyl groups is 1. The molecule has 2 unspecified atom stereocenters. The second-order valence-electron chi connectivity index (χ2n) is 4.74. The Morgan fingerprint density at radius 1 is 1.06 bits per heavy atom. The molecule has 0 aromatic carbocycles. The molecular weight excluding hydrogens is 263 g/mol. The normalized spacial score (nSPS) is 14.9. The van der Waals surface area contributed by atoms with Crippen molar-refractivity contribution in [3.8, 4) is 0 Å². The minimum absolute atomic E-state index is 0. The van der Waals surface area contributed by atoms with E-state index in [9.17, 15) is 18.1 Å². The van der Waals surface area contributed by atoms with Gasteiger partial charge in [0.1, 0.15) is 0 Å². The molecule has 0 fully saturated rings. The molecule has 0 amide bonds. The average Bonchev–Trinajstić information content (AvgIpc) is 2.24. The van der Waals surface area contributed by atoms with Crippen LogP contribution in [-0.4, -0.2) is 29.4 Å². The molecule has 0 bridgehead atoms. The Balaban J connectivity index is 0. The summed E-state index contributed by atoms with van der Waals surface area (Å²) in [6, 6.07) is 0. The van der Waals surface area contributed by atoms with E-state index in [-0.39, 0.29) is 35.7 Å². The van der Waals surface area contributed by atoms with Gasteiger partial charge in [-0.25, -0.2) is 8.42 Å². The Morgan fingerprint density at radius 3 is 2.06 bits per heavy atom. The second kappa shape index (κ2) is 11.7. The van der Waals surface area contributed by atoms with Crippen molar-refractivity contribution in [2.24, 2.45) is 0 Å². The molecule has 1 N–H and O–H groups in total. The van der Waals surface area contributed by atoms with Crippen molar-refractivity contribution in [2.75, 3.05) is 0 Å². The van der Waals surface area contributed by atoms with Crippen molar-refractivity contribution >= 4 is 10.1 Å². The summed E-state index contributed by atoms with van der Waals surface area (Å²) >= 11 is 0. The molecule has 0 aliphatic heterocycles. The first-order chi connectivity index (χ1) is 7.88. The summed E-state index contributed by atoms with van der Waals surface area (Å²) in [6.07, 6.45) is 6.48. The van der Waals surface area contributed by atoms with E-state index < -0.39 is 15.4 Å². The van der Waals surface area contributed by atoms with Crippen LogP contribution in [0.15, 0.2) is 0 Å². The first-order valence-electron chi connectivity index (χ1n) is 6.50. The fourth-order valence-corrected chi connectivity index (χ4v) is 2.17. The number of hydrogen-bond donors (Lipinski definition) is 1. The van der Waals surface area contributed by atoms with Crippen LogP contribution in [0.3, 0.4) is 0 Å². The molecule has 2 atom stereocenters. The van der Waals surface area contributed by atoms with E-state index >= 15 is 0 Å². The molecule has 6 heteroatoms. The SMILES string of the molecule is CCCCC(O)CCCCCC(C)S(=O)(=O)[O-].[Na+]. The molecule has 0 radical (unpaired) electrons. The van der Waals surface area contributed by atoms with E-state index in [1.807, 2.05) is 0 Å². The van der Waals surface area contributed by atoms with Gasteiger partial charge in [-0.05, 0) is 26.2 Å². The summed E-state index contributed by atoms with van der Waals surface area (Å²) in [7, 11) is -4.12. The van der Waals surface area contributed by atoms with E-state index in [0.717, 1.165) is 44.9 Å². The topological polar surface area (TPSA) is 77.4 Å². The molecule has 18 heavy (non-hydrogen) atoms. The van der Waals surface area contributed by atoms with Crippen molar-refractivity contribution in [1.29, 1.82) is 0 Å². The maximum absolute atomic E-state index is 10.6. The second-order valence-corrected chi connectivity index (χ2v) is 6.53. The molecule has 0 spiro atoms. The monoisotopic (exact) mass is 288 g/mol. The van der Waals surface area contributed by atoms with Gasteiger partial charge in [-0.1, -0.05) is 39.0 Å². The average molecular weight is 288 g/mol. The van der Waals surface area contributed by atoms with Crippen molar-refractivity contribution in [1.82, 2.24) is 0 Å². The summed E-state index contributed by atoms with van der Waals surface area (Å²) in [4.78, 5) is 0. The molecule has 4 nitrogen and oxygen atoms in total.